The summed E-state index contributed by atoms with van der Waals surface area (Å²) in [4.78, 5) is 8.38. The second-order valence-corrected chi connectivity index (χ2v) is 7.22. The summed E-state index contributed by atoms with van der Waals surface area (Å²) in [7, 11) is -2.02. The van der Waals surface area contributed by atoms with Gasteiger partial charge in [0.2, 0.25) is 15.9 Å². The molecule has 0 aliphatic carbocycles. The van der Waals surface area contributed by atoms with Crippen LogP contribution in [0.3, 0.4) is 0 Å². The van der Waals surface area contributed by atoms with Crippen LogP contribution >= 0.6 is 0 Å². The van der Waals surface area contributed by atoms with Crippen LogP contribution in [0.15, 0.2) is 21.7 Å². The number of pyridine rings is 1. The molecule has 0 fully saturated rings. The molecule has 10 heteroatoms. The molecular weight excluding hydrogens is 332 g/mol. The molecule has 3 heterocycles. The van der Waals surface area contributed by atoms with Gasteiger partial charge in [-0.25, -0.2) is 18.1 Å². The average Bonchev–Trinajstić information content (AvgIpc) is 3.09. The van der Waals surface area contributed by atoms with E-state index in [1.54, 1.807) is 24.7 Å². The second kappa shape index (κ2) is 5.95. The van der Waals surface area contributed by atoms with Crippen LogP contribution in [0.2, 0.25) is 0 Å². The Kier molecular flexibility index (Phi) is 4.10. The van der Waals surface area contributed by atoms with Crippen molar-refractivity contribution in [2.45, 2.75) is 38.1 Å². The first-order valence-corrected chi connectivity index (χ1v) is 8.92. The predicted octanol–water partition coefficient (Wildman–Crippen LogP) is 1.40. The van der Waals surface area contributed by atoms with Crippen LogP contribution in [0, 0.1) is 13.8 Å². The maximum Gasteiger partial charge on any atom is 0.242 e. The van der Waals surface area contributed by atoms with E-state index < -0.39 is 16.1 Å². The molecule has 0 bridgehead atoms. The Bertz CT molecular complexity index is 991. The van der Waals surface area contributed by atoms with Gasteiger partial charge in [-0.05, 0) is 19.4 Å². The van der Waals surface area contributed by atoms with Crippen molar-refractivity contribution in [3.05, 3.63) is 29.7 Å². The minimum Gasteiger partial charge on any atom is -0.340 e. The molecule has 1 N–H and O–H groups in total. The zero-order valence-electron chi connectivity index (χ0n) is 13.8. The third-order valence-corrected chi connectivity index (χ3v) is 5.15. The molecule has 0 saturated carbocycles. The summed E-state index contributed by atoms with van der Waals surface area (Å²) < 4.78 is 34.5. The molecule has 0 amide bonds. The van der Waals surface area contributed by atoms with E-state index in [0.29, 0.717) is 29.2 Å². The zero-order chi connectivity index (χ0) is 17.5. The van der Waals surface area contributed by atoms with Gasteiger partial charge in [0.1, 0.15) is 4.90 Å². The number of nitrogens with zero attached hydrogens (tertiary/aromatic N) is 5. The minimum atomic E-state index is -3.78. The van der Waals surface area contributed by atoms with Crippen LogP contribution in [-0.2, 0) is 17.1 Å². The Labute approximate surface area is 139 Å². The Morgan fingerprint density at radius 3 is 2.75 bits per heavy atom. The number of sulfonamides is 1. The van der Waals surface area contributed by atoms with Crippen molar-refractivity contribution in [2.75, 3.05) is 0 Å². The Morgan fingerprint density at radius 2 is 2.12 bits per heavy atom. The van der Waals surface area contributed by atoms with Gasteiger partial charge in [0.25, 0.3) is 0 Å². The summed E-state index contributed by atoms with van der Waals surface area (Å²) in [6.07, 6.45) is 1.81. The number of aryl methyl sites for hydroxylation is 3. The summed E-state index contributed by atoms with van der Waals surface area (Å²) in [5.41, 5.74) is 1.35. The van der Waals surface area contributed by atoms with Crippen molar-refractivity contribution >= 4 is 21.1 Å². The molecule has 0 aliphatic rings. The van der Waals surface area contributed by atoms with Crippen LogP contribution in [0.25, 0.3) is 11.0 Å². The molecule has 0 radical (unpaired) electrons. The molecule has 1 atom stereocenters. The van der Waals surface area contributed by atoms with Gasteiger partial charge < -0.3 is 4.52 Å². The maximum absolute atomic E-state index is 12.7. The molecule has 0 aliphatic heterocycles. The van der Waals surface area contributed by atoms with Gasteiger partial charge in [-0.1, -0.05) is 12.1 Å². The zero-order valence-corrected chi connectivity index (χ0v) is 14.6. The highest BCUT2D eigenvalue weighted by Gasteiger charge is 2.24. The molecule has 0 spiro atoms. The maximum atomic E-state index is 12.7. The molecule has 3 aromatic rings. The van der Waals surface area contributed by atoms with Crippen LogP contribution in [-0.4, -0.2) is 33.3 Å². The monoisotopic (exact) mass is 350 g/mol. The van der Waals surface area contributed by atoms with Gasteiger partial charge >= 0.3 is 0 Å². The highest BCUT2D eigenvalue weighted by Crippen LogP contribution is 2.22. The lowest BCUT2D eigenvalue weighted by Gasteiger charge is -2.13. The summed E-state index contributed by atoms with van der Waals surface area (Å²) in [6.45, 7) is 5.30. The van der Waals surface area contributed by atoms with Crippen molar-refractivity contribution in [1.82, 2.24) is 29.6 Å². The predicted molar refractivity (Wildman–Crippen MR) is 85.6 cm³/mol. The Hall–Kier alpha value is -2.33. The summed E-state index contributed by atoms with van der Waals surface area (Å²) >= 11 is 0. The summed E-state index contributed by atoms with van der Waals surface area (Å²) in [5, 5.41) is 8.74. The van der Waals surface area contributed by atoms with Gasteiger partial charge in [-0.3, -0.25) is 4.68 Å². The van der Waals surface area contributed by atoms with Crippen LogP contribution in [0.1, 0.15) is 36.8 Å². The number of hydrogen-bond donors (Lipinski definition) is 1. The molecule has 9 nitrogen and oxygen atoms in total. The lowest BCUT2D eigenvalue weighted by atomic mass is 10.2. The summed E-state index contributed by atoms with van der Waals surface area (Å²) in [6, 6.07) is 0.999. The number of aromatic nitrogens is 5. The van der Waals surface area contributed by atoms with Crippen LogP contribution in [0.4, 0.5) is 0 Å². The van der Waals surface area contributed by atoms with Crippen molar-refractivity contribution in [3.63, 3.8) is 0 Å². The SMILES string of the molecule is CC[C@H](NS(=O)(=O)c1cnc2c(c1)c(C)nn2C)c1noc(C)n1. The van der Waals surface area contributed by atoms with E-state index in [4.69, 9.17) is 4.52 Å². The molecule has 0 unspecified atom stereocenters. The number of hydrogen-bond acceptors (Lipinski definition) is 7. The van der Waals surface area contributed by atoms with Gasteiger partial charge in [0.15, 0.2) is 11.5 Å². The fraction of sp³-hybridized carbons (Fsp3) is 0.429. The van der Waals surface area contributed by atoms with Crippen LogP contribution < -0.4 is 4.72 Å². The standard InChI is InChI=1S/C14H18N6O3S/c1-5-12(13-16-9(3)23-18-13)19-24(21,22)10-6-11-8(2)17-20(4)14(11)15-7-10/h6-7,12,19H,5H2,1-4H3/t12-/m0/s1. The van der Waals surface area contributed by atoms with E-state index in [1.165, 1.54) is 6.20 Å². The largest absolute Gasteiger partial charge is 0.340 e. The van der Waals surface area contributed by atoms with Crippen molar-refractivity contribution in [1.29, 1.82) is 0 Å². The molecule has 3 aromatic heterocycles. The average molecular weight is 350 g/mol. The topological polar surface area (TPSA) is 116 Å². The van der Waals surface area contributed by atoms with Gasteiger partial charge in [-0.2, -0.15) is 10.1 Å². The third kappa shape index (κ3) is 2.89. The molecular formula is C14H18N6O3S. The Morgan fingerprint density at radius 1 is 1.38 bits per heavy atom. The van der Waals surface area contributed by atoms with E-state index in [2.05, 4.69) is 24.9 Å². The van der Waals surface area contributed by atoms with Gasteiger partial charge in [0.05, 0.1) is 11.7 Å². The van der Waals surface area contributed by atoms with Crippen molar-refractivity contribution < 1.29 is 12.9 Å². The highest BCUT2D eigenvalue weighted by molar-refractivity contribution is 7.89. The van der Waals surface area contributed by atoms with Crippen LogP contribution in [0.5, 0.6) is 0 Å². The minimum absolute atomic E-state index is 0.0739. The number of nitrogens with one attached hydrogen (secondary N) is 1. The molecule has 24 heavy (non-hydrogen) atoms. The highest BCUT2D eigenvalue weighted by atomic mass is 32.2. The fourth-order valence-corrected chi connectivity index (χ4v) is 3.71. The van der Waals surface area contributed by atoms with E-state index in [1.807, 2.05) is 13.8 Å². The smallest absolute Gasteiger partial charge is 0.242 e. The normalized spacial score (nSPS) is 13.5. The molecule has 3 rings (SSSR count). The molecule has 128 valence electrons. The first-order chi connectivity index (χ1) is 11.3. The number of fused-ring (bicyclic) bond motifs is 1. The molecule has 0 aromatic carbocycles. The number of rotatable bonds is 5. The van der Waals surface area contributed by atoms with E-state index in [-0.39, 0.29) is 4.90 Å². The van der Waals surface area contributed by atoms with Crippen molar-refractivity contribution in [3.8, 4) is 0 Å². The van der Waals surface area contributed by atoms with E-state index >= 15 is 0 Å². The van der Waals surface area contributed by atoms with E-state index in [0.717, 1.165) is 5.69 Å². The third-order valence-electron chi connectivity index (χ3n) is 3.71. The molecule has 0 saturated heterocycles. The lowest BCUT2D eigenvalue weighted by molar-refractivity contribution is 0.380. The first kappa shape index (κ1) is 16.5. The van der Waals surface area contributed by atoms with Crippen molar-refractivity contribution in [2.24, 2.45) is 7.05 Å². The fourth-order valence-electron chi connectivity index (χ4n) is 2.47. The quantitative estimate of drug-likeness (QED) is 0.739. The second-order valence-electron chi connectivity index (χ2n) is 5.50. The van der Waals surface area contributed by atoms with Gasteiger partial charge in [0, 0.05) is 25.6 Å². The lowest BCUT2D eigenvalue weighted by Crippen LogP contribution is -2.29. The summed E-state index contributed by atoms with van der Waals surface area (Å²) in [5.74, 6) is 0.696. The first-order valence-electron chi connectivity index (χ1n) is 7.43. The Balaban J connectivity index is 1.96. The van der Waals surface area contributed by atoms with Gasteiger partial charge in [-0.15, -0.1) is 0 Å². The van der Waals surface area contributed by atoms with E-state index in [9.17, 15) is 8.42 Å².